The van der Waals surface area contributed by atoms with Crippen LogP contribution in [0.3, 0.4) is 0 Å². The number of hydrogen-bond acceptors (Lipinski definition) is 4. The van der Waals surface area contributed by atoms with Crippen LogP contribution in [0.1, 0.15) is 11.1 Å². The molecule has 2 heterocycles. The van der Waals surface area contributed by atoms with Crippen molar-refractivity contribution < 1.29 is 9.53 Å². The van der Waals surface area contributed by atoms with Gasteiger partial charge in [-0.05, 0) is 42.8 Å². The molecule has 0 aliphatic carbocycles. The zero-order valence-corrected chi connectivity index (χ0v) is 13.9. The van der Waals surface area contributed by atoms with Gasteiger partial charge in [-0.3, -0.25) is 14.7 Å². The standard InChI is InChI=1S/C19H23N3O2/c1-22(12-15-6-8-20-9-7-15)13-19(23)21-11-16-10-17-4-2-3-5-18(17)24-14-16/h2-9,16H,10-14H2,1H3,(H,21,23). The van der Waals surface area contributed by atoms with E-state index in [1.807, 2.05) is 42.3 Å². The van der Waals surface area contributed by atoms with Gasteiger partial charge in [-0.15, -0.1) is 0 Å². The summed E-state index contributed by atoms with van der Waals surface area (Å²) in [6, 6.07) is 12.0. The van der Waals surface area contributed by atoms with Crippen LogP contribution in [0.4, 0.5) is 0 Å². The molecule has 0 radical (unpaired) electrons. The van der Waals surface area contributed by atoms with Gasteiger partial charge in [0.1, 0.15) is 5.75 Å². The summed E-state index contributed by atoms with van der Waals surface area (Å²) in [5.41, 5.74) is 2.37. The number of carbonyl (C=O) groups is 1. The number of amides is 1. The van der Waals surface area contributed by atoms with Crippen LogP contribution in [0.25, 0.3) is 0 Å². The van der Waals surface area contributed by atoms with E-state index in [0.29, 0.717) is 25.6 Å². The van der Waals surface area contributed by atoms with Crippen LogP contribution in [0, 0.1) is 5.92 Å². The van der Waals surface area contributed by atoms with Gasteiger partial charge in [0.2, 0.25) is 5.91 Å². The quantitative estimate of drug-likeness (QED) is 0.881. The number of para-hydroxylation sites is 1. The Morgan fingerprint density at radius 2 is 2.08 bits per heavy atom. The summed E-state index contributed by atoms with van der Waals surface area (Å²) in [4.78, 5) is 18.1. The molecule has 1 aromatic heterocycles. The van der Waals surface area contributed by atoms with Gasteiger partial charge in [0.15, 0.2) is 0 Å². The van der Waals surface area contributed by atoms with E-state index in [-0.39, 0.29) is 5.91 Å². The number of pyridine rings is 1. The third-order valence-electron chi connectivity index (χ3n) is 4.16. The minimum Gasteiger partial charge on any atom is -0.493 e. The number of ether oxygens (including phenoxy) is 1. The second-order valence-electron chi connectivity index (χ2n) is 6.32. The van der Waals surface area contributed by atoms with Gasteiger partial charge in [-0.25, -0.2) is 0 Å². The molecular formula is C19H23N3O2. The third-order valence-corrected chi connectivity index (χ3v) is 4.16. The first-order chi connectivity index (χ1) is 11.7. The van der Waals surface area contributed by atoms with Gasteiger partial charge < -0.3 is 10.1 Å². The monoisotopic (exact) mass is 325 g/mol. The maximum absolute atomic E-state index is 12.1. The Labute approximate surface area is 142 Å². The molecule has 1 N–H and O–H groups in total. The first kappa shape index (κ1) is 16.5. The molecule has 0 saturated heterocycles. The van der Waals surface area contributed by atoms with Crippen LogP contribution in [0.5, 0.6) is 5.75 Å². The first-order valence-electron chi connectivity index (χ1n) is 8.25. The molecule has 24 heavy (non-hydrogen) atoms. The molecule has 0 spiro atoms. The summed E-state index contributed by atoms with van der Waals surface area (Å²) in [6.45, 7) is 2.42. The average molecular weight is 325 g/mol. The van der Waals surface area contributed by atoms with Gasteiger partial charge in [0.05, 0.1) is 13.2 Å². The minimum atomic E-state index is 0.0467. The number of aromatic nitrogens is 1. The van der Waals surface area contributed by atoms with Gasteiger partial charge >= 0.3 is 0 Å². The highest BCUT2D eigenvalue weighted by Crippen LogP contribution is 2.26. The van der Waals surface area contributed by atoms with Crippen molar-refractivity contribution >= 4 is 5.91 Å². The summed E-state index contributed by atoms with van der Waals surface area (Å²) in [5.74, 6) is 1.34. The van der Waals surface area contributed by atoms with E-state index < -0.39 is 0 Å². The van der Waals surface area contributed by atoms with Crippen LogP contribution in [0.2, 0.25) is 0 Å². The molecule has 1 atom stereocenters. The van der Waals surface area contributed by atoms with E-state index in [1.54, 1.807) is 12.4 Å². The van der Waals surface area contributed by atoms with Crippen molar-refractivity contribution in [2.24, 2.45) is 5.92 Å². The Balaban J connectivity index is 1.41. The molecular weight excluding hydrogens is 302 g/mol. The van der Waals surface area contributed by atoms with Gasteiger partial charge in [-0.2, -0.15) is 0 Å². The average Bonchev–Trinajstić information content (AvgIpc) is 2.60. The maximum Gasteiger partial charge on any atom is 0.234 e. The number of benzene rings is 1. The Morgan fingerprint density at radius 1 is 1.29 bits per heavy atom. The lowest BCUT2D eigenvalue weighted by Crippen LogP contribution is -2.39. The lowest BCUT2D eigenvalue weighted by atomic mass is 9.97. The minimum absolute atomic E-state index is 0.0467. The largest absolute Gasteiger partial charge is 0.493 e. The van der Waals surface area contributed by atoms with E-state index in [2.05, 4.69) is 16.4 Å². The van der Waals surface area contributed by atoms with Crippen molar-refractivity contribution in [2.75, 3.05) is 26.7 Å². The normalized spacial score (nSPS) is 16.3. The Hall–Kier alpha value is -2.40. The maximum atomic E-state index is 12.1. The number of rotatable bonds is 6. The summed E-state index contributed by atoms with van der Waals surface area (Å²) in [6.07, 6.45) is 4.48. The van der Waals surface area contributed by atoms with Crippen molar-refractivity contribution in [2.45, 2.75) is 13.0 Å². The third kappa shape index (κ3) is 4.55. The molecule has 0 saturated carbocycles. The summed E-state index contributed by atoms with van der Waals surface area (Å²) in [5, 5.41) is 3.03. The van der Waals surface area contributed by atoms with Crippen molar-refractivity contribution in [3.05, 3.63) is 59.9 Å². The molecule has 1 aromatic carbocycles. The van der Waals surface area contributed by atoms with Crippen LogP contribution in [-0.4, -0.2) is 42.5 Å². The van der Waals surface area contributed by atoms with Crippen molar-refractivity contribution in [3.8, 4) is 5.75 Å². The number of likely N-dealkylation sites (N-methyl/N-ethyl adjacent to an activating group) is 1. The van der Waals surface area contributed by atoms with Crippen LogP contribution >= 0.6 is 0 Å². The van der Waals surface area contributed by atoms with E-state index in [1.165, 1.54) is 5.56 Å². The van der Waals surface area contributed by atoms with E-state index in [0.717, 1.165) is 24.3 Å². The molecule has 126 valence electrons. The number of nitrogens with one attached hydrogen (secondary N) is 1. The topological polar surface area (TPSA) is 54.5 Å². The van der Waals surface area contributed by atoms with Gasteiger partial charge in [-0.1, -0.05) is 18.2 Å². The highest BCUT2D eigenvalue weighted by molar-refractivity contribution is 5.77. The van der Waals surface area contributed by atoms with E-state index in [9.17, 15) is 4.79 Å². The van der Waals surface area contributed by atoms with E-state index >= 15 is 0 Å². The Bertz CT molecular complexity index is 675. The van der Waals surface area contributed by atoms with E-state index in [4.69, 9.17) is 4.74 Å². The molecule has 1 amide bonds. The second-order valence-corrected chi connectivity index (χ2v) is 6.32. The fourth-order valence-corrected chi connectivity index (χ4v) is 2.94. The number of nitrogens with zero attached hydrogens (tertiary/aromatic N) is 2. The van der Waals surface area contributed by atoms with Gasteiger partial charge in [0, 0.05) is 31.4 Å². The molecule has 3 rings (SSSR count). The van der Waals surface area contributed by atoms with Crippen LogP contribution in [-0.2, 0) is 17.8 Å². The Kier molecular flexibility index (Phi) is 5.43. The summed E-state index contributed by atoms with van der Waals surface area (Å²) < 4.78 is 5.76. The number of fused-ring (bicyclic) bond motifs is 1. The zero-order chi connectivity index (χ0) is 16.8. The lowest BCUT2D eigenvalue weighted by Gasteiger charge is -2.25. The van der Waals surface area contributed by atoms with Crippen LogP contribution in [0.15, 0.2) is 48.8 Å². The van der Waals surface area contributed by atoms with Crippen LogP contribution < -0.4 is 10.1 Å². The summed E-state index contributed by atoms with van der Waals surface area (Å²) in [7, 11) is 1.94. The van der Waals surface area contributed by atoms with Crippen molar-refractivity contribution in [1.82, 2.24) is 15.2 Å². The zero-order valence-electron chi connectivity index (χ0n) is 13.9. The SMILES string of the molecule is CN(CC(=O)NCC1COc2ccccc2C1)Cc1ccncc1. The van der Waals surface area contributed by atoms with Gasteiger partial charge in [0.25, 0.3) is 0 Å². The Morgan fingerprint density at radius 3 is 2.92 bits per heavy atom. The number of hydrogen-bond donors (Lipinski definition) is 1. The van der Waals surface area contributed by atoms with Crippen molar-refractivity contribution in [1.29, 1.82) is 0 Å². The molecule has 5 nitrogen and oxygen atoms in total. The fraction of sp³-hybridized carbons (Fsp3) is 0.368. The highest BCUT2D eigenvalue weighted by atomic mass is 16.5. The number of carbonyl (C=O) groups excluding carboxylic acids is 1. The molecule has 0 bridgehead atoms. The smallest absolute Gasteiger partial charge is 0.234 e. The van der Waals surface area contributed by atoms with Crippen molar-refractivity contribution in [3.63, 3.8) is 0 Å². The molecule has 0 fully saturated rings. The molecule has 5 heteroatoms. The summed E-state index contributed by atoms with van der Waals surface area (Å²) >= 11 is 0. The predicted molar refractivity (Wildman–Crippen MR) is 92.7 cm³/mol. The fourth-order valence-electron chi connectivity index (χ4n) is 2.94. The second kappa shape index (κ2) is 7.93. The first-order valence-corrected chi connectivity index (χ1v) is 8.25. The predicted octanol–water partition coefficient (Wildman–Crippen LogP) is 1.88. The molecule has 1 aliphatic heterocycles. The highest BCUT2D eigenvalue weighted by Gasteiger charge is 2.20. The lowest BCUT2D eigenvalue weighted by molar-refractivity contribution is -0.122. The molecule has 2 aromatic rings. The molecule has 1 unspecified atom stereocenters. The molecule has 1 aliphatic rings.